The number of rotatable bonds is 3. The summed E-state index contributed by atoms with van der Waals surface area (Å²) in [6.07, 6.45) is 0. The fourth-order valence-electron chi connectivity index (χ4n) is 2.35. The molecular formula is C16H19NO3. The number of aromatic hydroxyl groups is 1. The lowest BCUT2D eigenvalue weighted by atomic mass is 10.1. The molecule has 4 nitrogen and oxygen atoms in total. The third kappa shape index (κ3) is 2.41. The molecule has 1 aromatic heterocycles. The van der Waals surface area contributed by atoms with Gasteiger partial charge in [-0.3, -0.25) is 4.79 Å². The van der Waals surface area contributed by atoms with Crippen molar-refractivity contribution in [3.63, 3.8) is 0 Å². The molecule has 2 aromatic rings. The van der Waals surface area contributed by atoms with Gasteiger partial charge in [0.2, 0.25) is 0 Å². The summed E-state index contributed by atoms with van der Waals surface area (Å²) in [5.74, 6) is 1.43. The van der Waals surface area contributed by atoms with Crippen LogP contribution in [0.25, 0.3) is 0 Å². The number of carbonyl (C=O) groups excluding carboxylic acids is 1. The van der Waals surface area contributed by atoms with Crippen LogP contribution in [-0.2, 0) is 0 Å². The summed E-state index contributed by atoms with van der Waals surface area (Å²) in [5.41, 5.74) is 2.15. The summed E-state index contributed by atoms with van der Waals surface area (Å²) in [5, 5.41) is 9.57. The van der Waals surface area contributed by atoms with Gasteiger partial charge in [-0.15, -0.1) is 0 Å². The van der Waals surface area contributed by atoms with Crippen LogP contribution in [0.15, 0.2) is 28.7 Å². The minimum atomic E-state index is -0.107. The van der Waals surface area contributed by atoms with Crippen LogP contribution < -0.4 is 4.90 Å². The number of hydrogen-bond acceptors (Lipinski definition) is 3. The second-order valence-corrected chi connectivity index (χ2v) is 4.78. The van der Waals surface area contributed by atoms with E-state index >= 15 is 0 Å². The number of amides is 1. The second-order valence-electron chi connectivity index (χ2n) is 4.78. The number of carbonyl (C=O) groups is 1. The molecule has 0 aliphatic heterocycles. The average molecular weight is 273 g/mol. The van der Waals surface area contributed by atoms with Crippen LogP contribution >= 0.6 is 0 Å². The second kappa shape index (κ2) is 5.41. The van der Waals surface area contributed by atoms with Gasteiger partial charge in [0.05, 0.1) is 5.56 Å². The highest BCUT2D eigenvalue weighted by molar-refractivity contribution is 6.07. The summed E-state index contributed by atoms with van der Waals surface area (Å²) >= 11 is 0. The maximum atomic E-state index is 12.7. The van der Waals surface area contributed by atoms with Gasteiger partial charge in [0.15, 0.2) is 0 Å². The highest BCUT2D eigenvalue weighted by Crippen LogP contribution is 2.26. The minimum absolute atomic E-state index is 0.107. The molecule has 1 heterocycles. The molecule has 1 amide bonds. The molecule has 0 bridgehead atoms. The van der Waals surface area contributed by atoms with Gasteiger partial charge in [-0.05, 0) is 39.8 Å². The number of phenols is 1. The SMILES string of the molecule is CCN(C(=O)c1c(C)oc(C)c1C)c1cccc(O)c1. The number of phenolic OH excluding ortho intramolecular Hbond substituents is 1. The zero-order valence-corrected chi connectivity index (χ0v) is 12.2. The van der Waals surface area contributed by atoms with Crippen LogP contribution in [0.4, 0.5) is 5.69 Å². The van der Waals surface area contributed by atoms with Crippen molar-refractivity contribution in [1.29, 1.82) is 0 Å². The molecule has 0 fully saturated rings. The van der Waals surface area contributed by atoms with Crippen molar-refractivity contribution in [2.75, 3.05) is 11.4 Å². The first-order valence-electron chi connectivity index (χ1n) is 6.63. The molecule has 0 unspecified atom stereocenters. The highest BCUT2D eigenvalue weighted by atomic mass is 16.3. The Morgan fingerprint density at radius 3 is 2.45 bits per heavy atom. The largest absolute Gasteiger partial charge is 0.508 e. The number of nitrogens with zero attached hydrogens (tertiary/aromatic N) is 1. The maximum absolute atomic E-state index is 12.7. The van der Waals surface area contributed by atoms with E-state index in [1.165, 1.54) is 0 Å². The number of hydrogen-bond donors (Lipinski definition) is 1. The Balaban J connectivity index is 2.44. The van der Waals surface area contributed by atoms with Gasteiger partial charge >= 0.3 is 0 Å². The summed E-state index contributed by atoms with van der Waals surface area (Å²) in [4.78, 5) is 14.4. The van der Waals surface area contributed by atoms with E-state index in [1.54, 1.807) is 36.1 Å². The van der Waals surface area contributed by atoms with Gasteiger partial charge in [0, 0.05) is 23.9 Å². The lowest BCUT2D eigenvalue weighted by Gasteiger charge is -2.21. The van der Waals surface area contributed by atoms with Crippen LogP contribution in [0.3, 0.4) is 0 Å². The summed E-state index contributed by atoms with van der Waals surface area (Å²) < 4.78 is 5.52. The van der Waals surface area contributed by atoms with E-state index in [0.29, 0.717) is 23.6 Å². The minimum Gasteiger partial charge on any atom is -0.508 e. The van der Waals surface area contributed by atoms with Crippen LogP contribution in [0.2, 0.25) is 0 Å². The Morgan fingerprint density at radius 2 is 1.95 bits per heavy atom. The number of benzene rings is 1. The highest BCUT2D eigenvalue weighted by Gasteiger charge is 2.24. The van der Waals surface area contributed by atoms with Crippen molar-refractivity contribution in [2.24, 2.45) is 0 Å². The van der Waals surface area contributed by atoms with Gasteiger partial charge in [0.1, 0.15) is 17.3 Å². The van der Waals surface area contributed by atoms with Crippen LogP contribution in [-0.4, -0.2) is 17.6 Å². The van der Waals surface area contributed by atoms with Crippen molar-refractivity contribution in [3.8, 4) is 5.75 Å². The Labute approximate surface area is 118 Å². The quantitative estimate of drug-likeness (QED) is 0.930. The molecule has 0 radical (unpaired) electrons. The number of aryl methyl sites for hydroxylation is 2. The van der Waals surface area contributed by atoms with Crippen LogP contribution in [0.1, 0.15) is 34.4 Å². The van der Waals surface area contributed by atoms with Gasteiger partial charge in [-0.1, -0.05) is 6.07 Å². The number of furan rings is 1. The normalized spacial score (nSPS) is 10.6. The molecule has 2 rings (SSSR count). The summed E-state index contributed by atoms with van der Waals surface area (Å²) in [6.45, 7) is 7.95. The Hall–Kier alpha value is -2.23. The Kier molecular flexibility index (Phi) is 3.84. The smallest absolute Gasteiger partial charge is 0.262 e. The first-order chi connectivity index (χ1) is 9.45. The fraction of sp³-hybridized carbons (Fsp3) is 0.312. The molecule has 0 aliphatic carbocycles. The Morgan fingerprint density at radius 1 is 1.25 bits per heavy atom. The molecule has 0 atom stereocenters. The van der Waals surface area contributed by atoms with Crippen molar-refractivity contribution in [3.05, 3.63) is 46.9 Å². The molecule has 0 saturated carbocycles. The third-order valence-corrected chi connectivity index (χ3v) is 3.48. The molecule has 0 saturated heterocycles. The molecule has 1 N–H and O–H groups in total. The lowest BCUT2D eigenvalue weighted by Crippen LogP contribution is -2.31. The first-order valence-corrected chi connectivity index (χ1v) is 6.63. The molecular weight excluding hydrogens is 254 g/mol. The van der Waals surface area contributed by atoms with Crippen molar-refractivity contribution in [1.82, 2.24) is 0 Å². The molecule has 4 heteroatoms. The zero-order chi connectivity index (χ0) is 14.9. The van der Waals surface area contributed by atoms with Crippen LogP contribution in [0.5, 0.6) is 5.75 Å². The predicted molar refractivity (Wildman–Crippen MR) is 78.4 cm³/mol. The van der Waals surface area contributed by atoms with E-state index in [-0.39, 0.29) is 11.7 Å². The zero-order valence-electron chi connectivity index (χ0n) is 12.2. The maximum Gasteiger partial charge on any atom is 0.262 e. The van der Waals surface area contributed by atoms with Gasteiger partial charge < -0.3 is 14.4 Å². The average Bonchev–Trinajstić information content (AvgIpc) is 2.64. The van der Waals surface area contributed by atoms with Gasteiger partial charge in [-0.25, -0.2) is 0 Å². The van der Waals surface area contributed by atoms with E-state index in [4.69, 9.17) is 4.42 Å². The molecule has 20 heavy (non-hydrogen) atoms. The molecule has 1 aromatic carbocycles. The molecule has 0 spiro atoms. The van der Waals surface area contributed by atoms with Crippen molar-refractivity contribution >= 4 is 11.6 Å². The molecule has 0 aliphatic rings. The summed E-state index contributed by atoms with van der Waals surface area (Å²) in [7, 11) is 0. The van der Waals surface area contributed by atoms with E-state index in [0.717, 1.165) is 11.3 Å². The fourth-order valence-corrected chi connectivity index (χ4v) is 2.35. The molecule has 106 valence electrons. The predicted octanol–water partition coefficient (Wildman–Crippen LogP) is 3.58. The van der Waals surface area contributed by atoms with Gasteiger partial charge in [0.25, 0.3) is 5.91 Å². The van der Waals surface area contributed by atoms with E-state index in [9.17, 15) is 9.90 Å². The first kappa shape index (κ1) is 14.2. The van der Waals surface area contributed by atoms with Crippen molar-refractivity contribution in [2.45, 2.75) is 27.7 Å². The monoisotopic (exact) mass is 273 g/mol. The topological polar surface area (TPSA) is 53.7 Å². The number of anilines is 1. The van der Waals surface area contributed by atoms with Crippen LogP contribution in [0, 0.1) is 20.8 Å². The van der Waals surface area contributed by atoms with Gasteiger partial charge in [-0.2, -0.15) is 0 Å². The third-order valence-electron chi connectivity index (χ3n) is 3.48. The Bertz CT molecular complexity index is 643. The van der Waals surface area contributed by atoms with E-state index in [2.05, 4.69) is 0 Å². The van der Waals surface area contributed by atoms with Crippen molar-refractivity contribution < 1.29 is 14.3 Å². The standard InChI is InChI=1S/C16H19NO3/c1-5-17(13-7-6-8-14(18)9-13)16(19)15-10(2)11(3)20-12(15)4/h6-9,18H,5H2,1-4H3. The summed E-state index contributed by atoms with van der Waals surface area (Å²) in [6, 6.07) is 6.69. The van der Waals surface area contributed by atoms with E-state index in [1.807, 2.05) is 20.8 Å². The lowest BCUT2D eigenvalue weighted by molar-refractivity contribution is 0.0986. The van der Waals surface area contributed by atoms with E-state index < -0.39 is 0 Å².